The van der Waals surface area contributed by atoms with E-state index in [1.807, 2.05) is 7.05 Å². The van der Waals surface area contributed by atoms with E-state index in [2.05, 4.69) is 41.4 Å². The lowest BCUT2D eigenvalue weighted by Gasteiger charge is -2.24. The van der Waals surface area contributed by atoms with Gasteiger partial charge in [0.05, 0.1) is 6.54 Å². The van der Waals surface area contributed by atoms with Crippen LogP contribution in [0.25, 0.3) is 0 Å². The molecule has 0 bridgehead atoms. The lowest BCUT2D eigenvalue weighted by Crippen LogP contribution is -2.41. The van der Waals surface area contributed by atoms with Crippen LogP contribution in [0, 0.1) is 6.92 Å². The Morgan fingerprint density at radius 2 is 1.85 bits per heavy atom. The number of likely N-dealkylation sites (N-methyl/N-ethyl adjacent to an activating group) is 1. The molecule has 0 heterocycles. The number of carbonyl (C=O) groups is 1. The molecule has 0 radical (unpaired) electrons. The third-order valence-electron chi connectivity index (χ3n) is 3.96. The maximum Gasteiger partial charge on any atom is 0.234 e. The van der Waals surface area contributed by atoms with Crippen LogP contribution >= 0.6 is 0 Å². The van der Waals surface area contributed by atoms with Gasteiger partial charge in [-0.2, -0.15) is 0 Å². The van der Waals surface area contributed by atoms with E-state index < -0.39 is 0 Å². The molecule has 1 aromatic rings. The van der Waals surface area contributed by atoms with Crippen molar-refractivity contribution in [2.24, 2.45) is 0 Å². The largest absolute Gasteiger partial charge is 0.352 e. The molecule has 0 spiro atoms. The topological polar surface area (TPSA) is 32.3 Å². The van der Waals surface area contributed by atoms with Crippen LogP contribution in [0.2, 0.25) is 0 Å². The monoisotopic (exact) mass is 274 g/mol. The molecular formula is C17H26N2O. The van der Waals surface area contributed by atoms with Gasteiger partial charge < -0.3 is 5.32 Å². The normalized spacial score (nSPS) is 16.4. The fraction of sp³-hybridized carbons (Fsp3) is 0.588. The van der Waals surface area contributed by atoms with Gasteiger partial charge in [-0.05, 0) is 32.4 Å². The summed E-state index contributed by atoms with van der Waals surface area (Å²) in [5, 5.41) is 3.16. The number of amides is 1. The molecule has 1 aromatic carbocycles. The molecule has 1 amide bonds. The van der Waals surface area contributed by atoms with Crippen molar-refractivity contribution in [3.8, 4) is 0 Å². The van der Waals surface area contributed by atoms with E-state index >= 15 is 0 Å². The summed E-state index contributed by atoms with van der Waals surface area (Å²) in [4.78, 5) is 14.1. The molecule has 0 unspecified atom stereocenters. The Morgan fingerprint density at radius 3 is 2.50 bits per heavy atom. The third-order valence-corrected chi connectivity index (χ3v) is 3.96. The zero-order valence-electron chi connectivity index (χ0n) is 12.7. The second-order valence-corrected chi connectivity index (χ2v) is 6.06. The Bertz CT molecular complexity index is 421. The number of hydrogen-bond acceptors (Lipinski definition) is 2. The Morgan fingerprint density at radius 1 is 1.20 bits per heavy atom. The first-order valence-electron chi connectivity index (χ1n) is 7.67. The number of carbonyl (C=O) groups excluding carboxylic acids is 1. The Hall–Kier alpha value is -1.35. The van der Waals surface area contributed by atoms with Crippen LogP contribution in [0.4, 0.5) is 0 Å². The van der Waals surface area contributed by atoms with Crippen molar-refractivity contribution in [1.82, 2.24) is 10.2 Å². The molecular weight excluding hydrogens is 248 g/mol. The summed E-state index contributed by atoms with van der Waals surface area (Å²) in [5.41, 5.74) is 2.52. The van der Waals surface area contributed by atoms with Crippen molar-refractivity contribution >= 4 is 5.91 Å². The minimum atomic E-state index is 0.159. The maximum atomic E-state index is 12.0. The summed E-state index contributed by atoms with van der Waals surface area (Å²) >= 11 is 0. The zero-order chi connectivity index (χ0) is 14.4. The average Bonchev–Trinajstić information content (AvgIpc) is 2.42. The standard InChI is InChI=1S/C17H26N2O/c1-14-8-10-15(11-9-14)12-19(2)13-17(20)18-16-6-4-3-5-7-16/h8-11,16H,3-7,12-13H2,1-2H3,(H,18,20). The highest BCUT2D eigenvalue weighted by Crippen LogP contribution is 2.17. The highest BCUT2D eigenvalue weighted by Gasteiger charge is 2.16. The molecule has 3 nitrogen and oxygen atoms in total. The summed E-state index contributed by atoms with van der Waals surface area (Å²) in [6, 6.07) is 8.90. The predicted molar refractivity (Wildman–Crippen MR) is 82.5 cm³/mol. The van der Waals surface area contributed by atoms with E-state index in [-0.39, 0.29) is 5.91 Å². The van der Waals surface area contributed by atoms with Gasteiger partial charge in [0.1, 0.15) is 0 Å². The van der Waals surface area contributed by atoms with Gasteiger partial charge in [0.25, 0.3) is 0 Å². The fourth-order valence-electron chi connectivity index (χ4n) is 2.83. The van der Waals surface area contributed by atoms with E-state index in [4.69, 9.17) is 0 Å². The molecule has 0 atom stereocenters. The first-order chi connectivity index (χ1) is 9.63. The van der Waals surface area contributed by atoms with Gasteiger partial charge in [-0.1, -0.05) is 49.1 Å². The van der Waals surface area contributed by atoms with Gasteiger partial charge in [0.15, 0.2) is 0 Å². The molecule has 1 N–H and O–H groups in total. The number of benzene rings is 1. The third kappa shape index (κ3) is 4.97. The lowest BCUT2D eigenvalue weighted by molar-refractivity contribution is -0.123. The molecule has 1 fully saturated rings. The van der Waals surface area contributed by atoms with Crippen molar-refractivity contribution in [2.45, 2.75) is 51.6 Å². The highest BCUT2D eigenvalue weighted by atomic mass is 16.2. The van der Waals surface area contributed by atoms with Crippen molar-refractivity contribution in [3.63, 3.8) is 0 Å². The molecule has 2 rings (SSSR count). The van der Waals surface area contributed by atoms with Crippen LogP contribution in [-0.4, -0.2) is 30.4 Å². The van der Waals surface area contributed by atoms with Crippen molar-refractivity contribution in [3.05, 3.63) is 35.4 Å². The van der Waals surface area contributed by atoms with Gasteiger partial charge in [0, 0.05) is 12.6 Å². The first kappa shape index (κ1) is 15.0. The SMILES string of the molecule is Cc1ccc(CN(C)CC(=O)NC2CCCCC2)cc1. The molecule has 1 saturated carbocycles. The second-order valence-electron chi connectivity index (χ2n) is 6.06. The van der Waals surface area contributed by atoms with Crippen LogP contribution in [0.15, 0.2) is 24.3 Å². The zero-order valence-corrected chi connectivity index (χ0v) is 12.7. The summed E-state index contributed by atoms with van der Waals surface area (Å²) in [6.07, 6.45) is 6.12. The number of nitrogens with one attached hydrogen (secondary N) is 1. The van der Waals surface area contributed by atoms with E-state index in [0.29, 0.717) is 12.6 Å². The van der Waals surface area contributed by atoms with Crippen molar-refractivity contribution in [2.75, 3.05) is 13.6 Å². The average molecular weight is 274 g/mol. The molecule has 0 saturated heterocycles. The second kappa shape index (κ2) is 7.44. The maximum absolute atomic E-state index is 12.0. The summed E-state index contributed by atoms with van der Waals surface area (Å²) in [6.45, 7) is 3.38. The quantitative estimate of drug-likeness (QED) is 0.895. The van der Waals surface area contributed by atoms with Gasteiger partial charge in [-0.15, -0.1) is 0 Å². The van der Waals surface area contributed by atoms with Crippen molar-refractivity contribution < 1.29 is 4.79 Å². The number of nitrogens with zero attached hydrogens (tertiary/aromatic N) is 1. The van der Waals surface area contributed by atoms with Crippen LogP contribution < -0.4 is 5.32 Å². The van der Waals surface area contributed by atoms with E-state index in [1.165, 1.54) is 30.4 Å². The number of hydrogen-bond donors (Lipinski definition) is 1. The summed E-state index contributed by atoms with van der Waals surface area (Å²) < 4.78 is 0. The molecule has 3 heteroatoms. The smallest absolute Gasteiger partial charge is 0.234 e. The molecule has 20 heavy (non-hydrogen) atoms. The van der Waals surface area contributed by atoms with Crippen LogP contribution in [0.3, 0.4) is 0 Å². The Labute approximate surface area is 122 Å². The van der Waals surface area contributed by atoms with Crippen LogP contribution in [0.1, 0.15) is 43.2 Å². The van der Waals surface area contributed by atoms with E-state index in [9.17, 15) is 4.79 Å². The number of rotatable bonds is 5. The summed E-state index contributed by atoms with van der Waals surface area (Å²) in [7, 11) is 2.00. The summed E-state index contributed by atoms with van der Waals surface area (Å²) in [5.74, 6) is 0.159. The molecule has 1 aliphatic rings. The Balaban J connectivity index is 1.74. The van der Waals surface area contributed by atoms with Crippen molar-refractivity contribution in [1.29, 1.82) is 0 Å². The molecule has 110 valence electrons. The lowest BCUT2D eigenvalue weighted by atomic mass is 9.95. The molecule has 1 aliphatic carbocycles. The fourth-order valence-corrected chi connectivity index (χ4v) is 2.83. The van der Waals surface area contributed by atoms with E-state index in [0.717, 1.165) is 19.4 Å². The predicted octanol–water partition coefficient (Wildman–Crippen LogP) is 2.88. The minimum absolute atomic E-state index is 0.159. The van der Waals surface area contributed by atoms with Gasteiger partial charge in [-0.3, -0.25) is 9.69 Å². The Kier molecular flexibility index (Phi) is 5.60. The van der Waals surface area contributed by atoms with Gasteiger partial charge >= 0.3 is 0 Å². The van der Waals surface area contributed by atoms with Gasteiger partial charge in [-0.25, -0.2) is 0 Å². The van der Waals surface area contributed by atoms with E-state index in [1.54, 1.807) is 0 Å². The van der Waals surface area contributed by atoms with Gasteiger partial charge in [0.2, 0.25) is 5.91 Å². The number of aryl methyl sites for hydroxylation is 1. The first-order valence-corrected chi connectivity index (χ1v) is 7.67. The minimum Gasteiger partial charge on any atom is -0.352 e. The molecule has 0 aliphatic heterocycles. The highest BCUT2D eigenvalue weighted by molar-refractivity contribution is 5.78. The molecule has 0 aromatic heterocycles. The van der Waals surface area contributed by atoms with Crippen LogP contribution in [0.5, 0.6) is 0 Å². The van der Waals surface area contributed by atoms with Crippen LogP contribution in [-0.2, 0) is 11.3 Å².